The van der Waals surface area contributed by atoms with Gasteiger partial charge in [0.1, 0.15) is 0 Å². The zero-order chi connectivity index (χ0) is 16.7. The minimum absolute atomic E-state index is 0.0200. The van der Waals surface area contributed by atoms with E-state index in [1.807, 2.05) is 24.3 Å². The van der Waals surface area contributed by atoms with Crippen molar-refractivity contribution in [2.75, 3.05) is 11.9 Å². The number of benzene rings is 1. The molecule has 0 saturated heterocycles. The van der Waals surface area contributed by atoms with Crippen molar-refractivity contribution in [2.45, 2.75) is 51.5 Å². The third-order valence-corrected chi connectivity index (χ3v) is 4.33. The molecule has 1 aromatic rings. The molecule has 1 aliphatic rings. The van der Waals surface area contributed by atoms with E-state index in [9.17, 15) is 9.59 Å². The smallest absolute Gasteiger partial charge is 0.306 e. The highest BCUT2D eigenvalue weighted by atomic mass is 16.5. The van der Waals surface area contributed by atoms with Crippen LogP contribution in [0.2, 0.25) is 0 Å². The van der Waals surface area contributed by atoms with Gasteiger partial charge in [-0.3, -0.25) is 9.59 Å². The number of nitrogens with two attached hydrogens (primary N) is 1. The number of carbonyl (C=O) groups excluding carboxylic acids is 2. The summed E-state index contributed by atoms with van der Waals surface area (Å²) in [5.74, 6) is 0.142. The molecule has 1 aromatic carbocycles. The van der Waals surface area contributed by atoms with Crippen LogP contribution in [0.25, 0.3) is 0 Å². The summed E-state index contributed by atoms with van der Waals surface area (Å²) in [5, 5.41) is 2.92. The van der Waals surface area contributed by atoms with Crippen LogP contribution >= 0.6 is 0 Å². The van der Waals surface area contributed by atoms with E-state index in [2.05, 4.69) is 5.32 Å². The Morgan fingerprint density at radius 2 is 2.00 bits per heavy atom. The number of rotatable bonds is 7. The number of hydrogen-bond donors (Lipinski definition) is 2. The zero-order valence-corrected chi connectivity index (χ0v) is 13.7. The summed E-state index contributed by atoms with van der Waals surface area (Å²) in [6.45, 7) is 2.21. The molecule has 1 fully saturated rings. The molecule has 1 aliphatic carbocycles. The Morgan fingerprint density at radius 3 is 2.61 bits per heavy atom. The highest BCUT2D eigenvalue weighted by Gasteiger charge is 2.25. The van der Waals surface area contributed by atoms with Gasteiger partial charge in [-0.25, -0.2) is 0 Å². The van der Waals surface area contributed by atoms with Gasteiger partial charge in [0, 0.05) is 24.6 Å². The maximum absolute atomic E-state index is 12.1. The molecule has 2 rings (SSSR count). The minimum atomic E-state index is -0.183. The van der Waals surface area contributed by atoms with E-state index in [1.54, 1.807) is 6.92 Å². The molecule has 0 spiro atoms. The van der Waals surface area contributed by atoms with Gasteiger partial charge in [0.2, 0.25) is 5.91 Å². The normalized spacial score (nSPS) is 20.3. The Bertz CT molecular complexity index is 528. The van der Waals surface area contributed by atoms with Gasteiger partial charge < -0.3 is 15.8 Å². The van der Waals surface area contributed by atoms with Crippen LogP contribution in [0.1, 0.15) is 44.6 Å². The Hall–Kier alpha value is -1.88. The molecule has 0 heterocycles. The van der Waals surface area contributed by atoms with Gasteiger partial charge in [-0.1, -0.05) is 18.6 Å². The van der Waals surface area contributed by atoms with Gasteiger partial charge >= 0.3 is 5.97 Å². The predicted molar refractivity (Wildman–Crippen MR) is 90.0 cm³/mol. The number of amides is 1. The molecule has 1 saturated carbocycles. The molecule has 0 radical (unpaired) electrons. The first-order valence-electron chi connectivity index (χ1n) is 8.38. The molecule has 5 heteroatoms. The van der Waals surface area contributed by atoms with Crippen molar-refractivity contribution in [1.82, 2.24) is 0 Å². The fourth-order valence-corrected chi connectivity index (χ4v) is 3.00. The van der Waals surface area contributed by atoms with Gasteiger partial charge in [0.15, 0.2) is 0 Å². The molecule has 0 bridgehead atoms. The standard InChI is InChI=1S/C18H26N2O3/c1-2-23-18(22)11-8-13-6-9-15(10-7-13)20-17(21)12-14-4-3-5-16(14)19/h6-7,9-10,14,16H,2-5,8,11-12,19H2,1H3,(H,20,21)/t14-,16+/m0/s1. The maximum Gasteiger partial charge on any atom is 0.306 e. The molecule has 23 heavy (non-hydrogen) atoms. The van der Waals surface area contributed by atoms with Crippen LogP contribution in [0.15, 0.2) is 24.3 Å². The summed E-state index contributed by atoms with van der Waals surface area (Å²) < 4.78 is 4.91. The summed E-state index contributed by atoms with van der Waals surface area (Å²) in [4.78, 5) is 23.4. The Kier molecular flexibility index (Phi) is 6.59. The van der Waals surface area contributed by atoms with Crippen LogP contribution in [0, 0.1) is 5.92 Å². The van der Waals surface area contributed by atoms with Crippen LogP contribution in [0.4, 0.5) is 5.69 Å². The van der Waals surface area contributed by atoms with E-state index in [4.69, 9.17) is 10.5 Å². The van der Waals surface area contributed by atoms with Crippen molar-refractivity contribution in [3.8, 4) is 0 Å². The lowest BCUT2D eigenvalue weighted by atomic mass is 10.00. The van der Waals surface area contributed by atoms with Gasteiger partial charge in [-0.05, 0) is 49.8 Å². The van der Waals surface area contributed by atoms with Gasteiger partial charge in [0.05, 0.1) is 6.61 Å². The number of ether oxygens (including phenoxy) is 1. The predicted octanol–water partition coefficient (Wildman–Crippen LogP) is 2.64. The average Bonchev–Trinajstić information content (AvgIpc) is 2.92. The van der Waals surface area contributed by atoms with Crippen LogP contribution in [0.5, 0.6) is 0 Å². The third-order valence-electron chi connectivity index (χ3n) is 4.33. The summed E-state index contributed by atoms with van der Waals surface area (Å²) in [6, 6.07) is 7.75. The number of carbonyl (C=O) groups is 2. The van der Waals surface area contributed by atoms with E-state index >= 15 is 0 Å². The summed E-state index contributed by atoms with van der Waals surface area (Å²) in [5.41, 5.74) is 7.83. The lowest BCUT2D eigenvalue weighted by Crippen LogP contribution is -2.28. The number of nitrogens with one attached hydrogen (secondary N) is 1. The quantitative estimate of drug-likeness (QED) is 0.757. The van der Waals surface area contributed by atoms with Crippen LogP contribution in [0.3, 0.4) is 0 Å². The summed E-state index contributed by atoms with van der Waals surface area (Å²) in [7, 11) is 0. The molecule has 5 nitrogen and oxygen atoms in total. The summed E-state index contributed by atoms with van der Waals surface area (Å²) >= 11 is 0. The van der Waals surface area contributed by atoms with Crippen molar-refractivity contribution in [1.29, 1.82) is 0 Å². The molecule has 0 unspecified atom stereocenters. The number of hydrogen-bond acceptors (Lipinski definition) is 4. The van der Waals surface area contributed by atoms with Crippen molar-refractivity contribution < 1.29 is 14.3 Å². The molecule has 0 aliphatic heterocycles. The van der Waals surface area contributed by atoms with Gasteiger partial charge in [-0.15, -0.1) is 0 Å². The SMILES string of the molecule is CCOC(=O)CCc1ccc(NC(=O)C[C@@H]2CCC[C@H]2N)cc1. The highest BCUT2D eigenvalue weighted by molar-refractivity contribution is 5.90. The first-order chi connectivity index (χ1) is 11.1. The first kappa shape index (κ1) is 17.5. The molecular weight excluding hydrogens is 292 g/mol. The molecule has 1 amide bonds. The van der Waals surface area contributed by atoms with Crippen molar-refractivity contribution >= 4 is 17.6 Å². The first-order valence-corrected chi connectivity index (χ1v) is 8.38. The van der Waals surface area contributed by atoms with Crippen LogP contribution in [-0.4, -0.2) is 24.5 Å². The molecule has 2 atom stereocenters. The van der Waals surface area contributed by atoms with E-state index in [-0.39, 0.29) is 17.9 Å². The van der Waals surface area contributed by atoms with E-state index in [0.717, 1.165) is 30.5 Å². The monoisotopic (exact) mass is 318 g/mol. The lowest BCUT2D eigenvalue weighted by molar-refractivity contribution is -0.143. The van der Waals surface area contributed by atoms with Crippen molar-refractivity contribution in [3.63, 3.8) is 0 Å². The Balaban J connectivity index is 1.77. The highest BCUT2D eigenvalue weighted by Crippen LogP contribution is 2.27. The lowest BCUT2D eigenvalue weighted by Gasteiger charge is -2.14. The second kappa shape index (κ2) is 8.67. The Morgan fingerprint density at radius 1 is 1.26 bits per heavy atom. The summed E-state index contributed by atoms with van der Waals surface area (Å²) in [6.07, 6.45) is 4.69. The molecule has 0 aromatic heterocycles. The minimum Gasteiger partial charge on any atom is -0.466 e. The fraction of sp³-hybridized carbons (Fsp3) is 0.556. The van der Waals surface area contributed by atoms with Gasteiger partial charge in [0.25, 0.3) is 0 Å². The molecule has 126 valence electrons. The number of esters is 1. The van der Waals surface area contributed by atoms with Gasteiger partial charge in [-0.2, -0.15) is 0 Å². The fourth-order valence-electron chi connectivity index (χ4n) is 3.00. The molecular formula is C18H26N2O3. The number of anilines is 1. The third kappa shape index (κ3) is 5.67. The zero-order valence-electron chi connectivity index (χ0n) is 13.7. The van der Waals surface area contributed by atoms with E-state index in [1.165, 1.54) is 0 Å². The second-order valence-electron chi connectivity index (χ2n) is 6.11. The average molecular weight is 318 g/mol. The van der Waals surface area contributed by atoms with Crippen LogP contribution in [-0.2, 0) is 20.7 Å². The second-order valence-corrected chi connectivity index (χ2v) is 6.11. The van der Waals surface area contributed by atoms with Crippen molar-refractivity contribution in [2.24, 2.45) is 11.7 Å². The topological polar surface area (TPSA) is 81.4 Å². The Labute approximate surface area is 137 Å². The van der Waals surface area contributed by atoms with Crippen LogP contribution < -0.4 is 11.1 Å². The van der Waals surface area contributed by atoms with E-state index < -0.39 is 0 Å². The molecule has 3 N–H and O–H groups in total. The largest absolute Gasteiger partial charge is 0.466 e. The number of aryl methyl sites for hydroxylation is 1. The maximum atomic E-state index is 12.1. The van der Waals surface area contributed by atoms with E-state index in [0.29, 0.717) is 31.8 Å². The van der Waals surface area contributed by atoms with Crippen molar-refractivity contribution in [3.05, 3.63) is 29.8 Å².